The highest BCUT2D eigenvalue weighted by Crippen LogP contribution is 2.21. The molecule has 0 bridgehead atoms. The summed E-state index contributed by atoms with van der Waals surface area (Å²) in [5, 5.41) is 15.3. The quantitative estimate of drug-likeness (QED) is 0.588. The van der Waals surface area contributed by atoms with E-state index in [0.29, 0.717) is 17.6 Å². The molecule has 0 saturated heterocycles. The highest BCUT2D eigenvalue weighted by Gasteiger charge is 2.12. The van der Waals surface area contributed by atoms with Gasteiger partial charge in [0.05, 0.1) is 18.6 Å². The summed E-state index contributed by atoms with van der Waals surface area (Å²) in [6.45, 7) is 4.71. The molecular weight excluding hydrogens is 374 g/mol. The average Bonchev–Trinajstić information content (AvgIpc) is 3.19. The first kappa shape index (κ1) is 19.9. The van der Waals surface area contributed by atoms with Gasteiger partial charge in [-0.2, -0.15) is 4.68 Å². The minimum Gasteiger partial charge on any atom is -0.496 e. The van der Waals surface area contributed by atoms with Crippen molar-refractivity contribution in [3.63, 3.8) is 0 Å². The number of hydrogen-bond donors (Lipinski definition) is 1. The monoisotopic (exact) mass is 397 g/mol. The van der Waals surface area contributed by atoms with Gasteiger partial charge in [-0.25, -0.2) is 0 Å². The Kier molecular flexibility index (Phi) is 6.65. The summed E-state index contributed by atoms with van der Waals surface area (Å²) in [6, 6.07) is 15.7. The van der Waals surface area contributed by atoms with Gasteiger partial charge in [0, 0.05) is 12.1 Å². The summed E-state index contributed by atoms with van der Waals surface area (Å²) in [7, 11) is 1.62. The van der Waals surface area contributed by atoms with Gasteiger partial charge in [-0.15, -0.1) is 5.10 Å². The van der Waals surface area contributed by atoms with Gasteiger partial charge in [0.15, 0.2) is 0 Å². The third-order valence-electron chi connectivity index (χ3n) is 4.25. The van der Waals surface area contributed by atoms with Crippen LogP contribution in [0, 0.1) is 0 Å². The van der Waals surface area contributed by atoms with Crippen LogP contribution in [0.25, 0.3) is 5.69 Å². The number of thioether (sulfide) groups is 1. The number of carbonyl (C=O) groups excluding carboxylic acids is 1. The Morgan fingerprint density at radius 2 is 1.93 bits per heavy atom. The molecule has 1 aromatic heterocycles. The van der Waals surface area contributed by atoms with E-state index in [0.717, 1.165) is 17.0 Å². The van der Waals surface area contributed by atoms with Crippen LogP contribution in [0.4, 0.5) is 0 Å². The van der Waals surface area contributed by atoms with Crippen molar-refractivity contribution in [3.05, 3.63) is 59.7 Å². The van der Waals surface area contributed by atoms with Crippen LogP contribution in [0.1, 0.15) is 30.9 Å². The number of hydrogen-bond acceptors (Lipinski definition) is 6. The van der Waals surface area contributed by atoms with E-state index in [9.17, 15) is 4.79 Å². The first-order chi connectivity index (χ1) is 13.6. The molecule has 0 fully saturated rings. The molecule has 7 nitrogen and oxygen atoms in total. The molecule has 0 saturated carbocycles. The lowest BCUT2D eigenvalue weighted by atomic mass is 10.0. The number of nitrogens with one attached hydrogen (secondary N) is 1. The maximum Gasteiger partial charge on any atom is 0.230 e. The molecule has 1 N–H and O–H groups in total. The molecule has 0 radical (unpaired) electrons. The Labute approximate surface area is 168 Å². The number of nitrogens with zero attached hydrogens (tertiary/aromatic N) is 4. The fourth-order valence-electron chi connectivity index (χ4n) is 2.66. The van der Waals surface area contributed by atoms with E-state index >= 15 is 0 Å². The summed E-state index contributed by atoms with van der Waals surface area (Å²) in [5.74, 6) is 1.34. The highest BCUT2D eigenvalue weighted by molar-refractivity contribution is 7.99. The van der Waals surface area contributed by atoms with Gasteiger partial charge in [0.1, 0.15) is 5.75 Å². The Morgan fingerprint density at radius 1 is 1.18 bits per heavy atom. The van der Waals surface area contributed by atoms with Crippen molar-refractivity contribution in [1.82, 2.24) is 25.5 Å². The van der Waals surface area contributed by atoms with Crippen LogP contribution in [0.2, 0.25) is 0 Å². The SMILES string of the molecule is COc1ccccc1CNC(=O)CSc1nnnn1-c1ccc(C(C)C)cc1. The number of ether oxygens (including phenoxy) is 1. The molecule has 28 heavy (non-hydrogen) atoms. The number of rotatable bonds is 8. The summed E-state index contributed by atoms with van der Waals surface area (Å²) in [6.07, 6.45) is 0. The van der Waals surface area contributed by atoms with Crippen LogP contribution < -0.4 is 10.1 Å². The van der Waals surface area contributed by atoms with Crippen LogP contribution in [-0.4, -0.2) is 39.0 Å². The normalized spacial score (nSPS) is 10.9. The number of amides is 1. The third-order valence-corrected chi connectivity index (χ3v) is 5.17. The highest BCUT2D eigenvalue weighted by atomic mass is 32.2. The maximum atomic E-state index is 12.2. The van der Waals surface area contributed by atoms with Crippen LogP contribution >= 0.6 is 11.8 Å². The lowest BCUT2D eigenvalue weighted by Gasteiger charge is -2.10. The van der Waals surface area contributed by atoms with E-state index in [1.807, 2.05) is 36.4 Å². The molecule has 0 spiro atoms. The van der Waals surface area contributed by atoms with E-state index in [2.05, 4.69) is 46.8 Å². The van der Waals surface area contributed by atoms with E-state index < -0.39 is 0 Å². The molecule has 3 rings (SSSR count). The first-order valence-electron chi connectivity index (χ1n) is 8.98. The molecule has 0 aliphatic carbocycles. The van der Waals surface area contributed by atoms with Crippen LogP contribution in [0.3, 0.4) is 0 Å². The van der Waals surface area contributed by atoms with Gasteiger partial charge < -0.3 is 10.1 Å². The van der Waals surface area contributed by atoms with Gasteiger partial charge in [-0.3, -0.25) is 4.79 Å². The van der Waals surface area contributed by atoms with E-state index in [4.69, 9.17) is 4.74 Å². The number of tetrazole rings is 1. The minimum atomic E-state index is -0.0967. The fourth-order valence-corrected chi connectivity index (χ4v) is 3.38. The zero-order chi connectivity index (χ0) is 19.9. The number of benzene rings is 2. The third kappa shape index (κ3) is 4.89. The number of aromatic nitrogens is 4. The zero-order valence-corrected chi connectivity index (χ0v) is 16.9. The molecule has 3 aromatic rings. The van der Waals surface area contributed by atoms with Crippen molar-refractivity contribution >= 4 is 17.7 Å². The van der Waals surface area contributed by atoms with Crippen molar-refractivity contribution in [3.8, 4) is 11.4 Å². The summed E-state index contributed by atoms with van der Waals surface area (Å²) in [5.41, 5.74) is 3.05. The molecule has 0 atom stereocenters. The molecule has 8 heteroatoms. The van der Waals surface area contributed by atoms with Crippen molar-refractivity contribution in [2.75, 3.05) is 12.9 Å². The van der Waals surface area contributed by atoms with Crippen LogP contribution in [-0.2, 0) is 11.3 Å². The van der Waals surface area contributed by atoms with Gasteiger partial charge in [-0.05, 0) is 40.1 Å². The summed E-state index contributed by atoms with van der Waals surface area (Å²) >= 11 is 1.30. The van der Waals surface area contributed by atoms with Gasteiger partial charge in [0.2, 0.25) is 11.1 Å². The second-order valence-electron chi connectivity index (χ2n) is 6.50. The standard InChI is InChI=1S/C20H23N5O2S/c1-14(2)15-8-10-17(11-9-15)25-20(22-23-24-25)28-13-19(26)21-12-16-6-4-5-7-18(16)27-3/h4-11,14H,12-13H2,1-3H3,(H,21,26). The van der Waals surface area contributed by atoms with Crippen LogP contribution in [0.15, 0.2) is 53.7 Å². The second kappa shape index (κ2) is 9.36. The Morgan fingerprint density at radius 3 is 2.64 bits per heavy atom. The van der Waals surface area contributed by atoms with Crippen molar-refractivity contribution in [2.24, 2.45) is 0 Å². The van der Waals surface area contributed by atoms with Gasteiger partial charge in [0.25, 0.3) is 0 Å². The molecule has 146 valence electrons. The molecule has 0 aliphatic rings. The van der Waals surface area contributed by atoms with Gasteiger partial charge in [-0.1, -0.05) is 55.9 Å². The van der Waals surface area contributed by atoms with Crippen LogP contribution in [0.5, 0.6) is 5.75 Å². The smallest absolute Gasteiger partial charge is 0.230 e. The molecule has 0 aliphatic heterocycles. The van der Waals surface area contributed by atoms with E-state index in [-0.39, 0.29) is 11.7 Å². The van der Waals surface area contributed by atoms with Crippen molar-refractivity contribution < 1.29 is 9.53 Å². The number of methoxy groups -OCH3 is 1. The maximum absolute atomic E-state index is 12.2. The topological polar surface area (TPSA) is 81.9 Å². The number of para-hydroxylation sites is 1. The number of carbonyl (C=O) groups is 1. The van der Waals surface area contributed by atoms with Gasteiger partial charge >= 0.3 is 0 Å². The predicted molar refractivity (Wildman–Crippen MR) is 109 cm³/mol. The first-order valence-corrected chi connectivity index (χ1v) is 9.97. The second-order valence-corrected chi connectivity index (χ2v) is 7.44. The molecule has 1 amide bonds. The van der Waals surface area contributed by atoms with Crippen molar-refractivity contribution in [2.45, 2.75) is 31.5 Å². The lowest BCUT2D eigenvalue weighted by Crippen LogP contribution is -2.25. The minimum absolute atomic E-state index is 0.0967. The van der Waals surface area contributed by atoms with E-state index in [1.165, 1.54) is 17.3 Å². The molecule has 2 aromatic carbocycles. The summed E-state index contributed by atoms with van der Waals surface area (Å²) < 4.78 is 6.94. The lowest BCUT2D eigenvalue weighted by molar-refractivity contribution is -0.118. The summed E-state index contributed by atoms with van der Waals surface area (Å²) in [4.78, 5) is 12.2. The van der Waals surface area contributed by atoms with Crippen molar-refractivity contribution in [1.29, 1.82) is 0 Å². The predicted octanol–water partition coefficient (Wildman–Crippen LogP) is 3.20. The largest absolute Gasteiger partial charge is 0.496 e. The Bertz CT molecular complexity index is 924. The Hall–Kier alpha value is -2.87. The average molecular weight is 398 g/mol. The molecule has 1 heterocycles. The fraction of sp³-hybridized carbons (Fsp3) is 0.300. The Balaban J connectivity index is 1.58. The molecule has 0 unspecified atom stereocenters. The van der Waals surface area contributed by atoms with E-state index in [1.54, 1.807) is 11.8 Å². The zero-order valence-electron chi connectivity index (χ0n) is 16.1. The molecular formula is C20H23N5O2S.